The van der Waals surface area contributed by atoms with Crippen molar-refractivity contribution in [1.29, 1.82) is 0 Å². The predicted octanol–water partition coefficient (Wildman–Crippen LogP) is -0.639. The number of carboxylic acids is 1. The Hall–Kier alpha value is -2.68. The fourth-order valence-corrected chi connectivity index (χ4v) is 2.71. The number of carboxylic acid groups (broad SMARTS) is 1. The van der Waals surface area contributed by atoms with Crippen LogP contribution in [-0.4, -0.2) is 65.1 Å². The van der Waals surface area contributed by atoms with Gasteiger partial charge in [0.25, 0.3) is 17.4 Å². The third kappa shape index (κ3) is 4.90. The molecule has 3 heterocycles. The number of amides is 2. The number of nitrogens with zero attached hydrogens (tertiary/aromatic N) is 1. The van der Waals surface area contributed by atoms with Gasteiger partial charge in [0.05, 0.1) is 25.2 Å². The van der Waals surface area contributed by atoms with Crippen LogP contribution in [0, 0.1) is 12.8 Å². The lowest BCUT2D eigenvalue weighted by Crippen LogP contribution is -2.45. The second-order valence-corrected chi connectivity index (χ2v) is 6.05. The highest BCUT2D eigenvalue weighted by atomic mass is 16.5. The van der Waals surface area contributed by atoms with Crippen molar-refractivity contribution in [2.75, 3.05) is 26.3 Å². The minimum atomic E-state index is -0.833. The smallest absolute Gasteiger partial charge is 0.300 e. The second kappa shape index (κ2) is 7.93. The average Bonchev–Trinajstić information content (AvgIpc) is 2.74. The molecule has 2 bridgehead atoms. The van der Waals surface area contributed by atoms with E-state index in [2.05, 4.69) is 10.3 Å². The number of ether oxygens (including phenoxy) is 1. The van der Waals surface area contributed by atoms with Gasteiger partial charge in [-0.05, 0) is 19.1 Å². The maximum atomic E-state index is 12.5. The van der Waals surface area contributed by atoms with Crippen LogP contribution in [0.15, 0.2) is 16.9 Å². The standard InChI is InChI=1S/C14H17N3O4.C2H4O2/c1-8-2-3-11(13(19)15-8)14(20)17-4-9-6-21-7-10(5-17)16-12(9)18;1-2(3)4/h2-3,9-10H,4-7H2,1H3,(H,15,19)(H,16,18);1H3,(H,3,4)/t9-,10+;/m1./s1. The third-order valence-electron chi connectivity index (χ3n) is 3.81. The molecule has 3 N–H and O–H groups in total. The molecule has 0 saturated carbocycles. The molecule has 3 rings (SSSR count). The lowest BCUT2D eigenvalue weighted by Gasteiger charge is -2.27. The number of hydrogen-bond acceptors (Lipinski definition) is 5. The van der Waals surface area contributed by atoms with Crippen LogP contribution in [0.4, 0.5) is 0 Å². The first-order chi connectivity index (χ1) is 11.8. The Morgan fingerprint density at radius 1 is 1.24 bits per heavy atom. The van der Waals surface area contributed by atoms with Crippen LogP contribution in [0.5, 0.6) is 0 Å². The van der Waals surface area contributed by atoms with Crippen molar-refractivity contribution in [3.8, 4) is 0 Å². The van der Waals surface area contributed by atoms with E-state index in [1.165, 1.54) is 6.07 Å². The van der Waals surface area contributed by atoms with Gasteiger partial charge in [-0.2, -0.15) is 0 Å². The summed E-state index contributed by atoms with van der Waals surface area (Å²) in [5.41, 5.74) is 0.411. The number of fused-ring (bicyclic) bond motifs is 3. The number of carbonyl (C=O) groups excluding carboxylic acids is 2. The van der Waals surface area contributed by atoms with Gasteiger partial charge in [0.2, 0.25) is 5.91 Å². The van der Waals surface area contributed by atoms with Crippen molar-refractivity contribution in [2.24, 2.45) is 5.92 Å². The van der Waals surface area contributed by atoms with Gasteiger partial charge in [-0.15, -0.1) is 0 Å². The molecule has 0 unspecified atom stereocenters. The molecule has 0 radical (unpaired) electrons. The van der Waals surface area contributed by atoms with Crippen LogP contribution in [-0.2, 0) is 14.3 Å². The number of pyridine rings is 1. The summed E-state index contributed by atoms with van der Waals surface area (Å²) in [5, 5.41) is 10.3. The van der Waals surface area contributed by atoms with Crippen LogP contribution in [0.25, 0.3) is 0 Å². The van der Waals surface area contributed by atoms with Gasteiger partial charge in [-0.1, -0.05) is 0 Å². The summed E-state index contributed by atoms with van der Waals surface area (Å²) in [5.74, 6) is -1.65. The van der Waals surface area contributed by atoms with Gasteiger partial charge in [0, 0.05) is 25.7 Å². The predicted molar refractivity (Wildman–Crippen MR) is 87.3 cm³/mol. The molecule has 9 nitrogen and oxygen atoms in total. The van der Waals surface area contributed by atoms with E-state index in [4.69, 9.17) is 14.6 Å². The first-order valence-corrected chi connectivity index (χ1v) is 7.84. The van der Waals surface area contributed by atoms with Crippen LogP contribution >= 0.6 is 0 Å². The van der Waals surface area contributed by atoms with Gasteiger partial charge in [-0.25, -0.2) is 0 Å². The van der Waals surface area contributed by atoms with Gasteiger partial charge in [0.15, 0.2) is 0 Å². The Morgan fingerprint density at radius 2 is 1.92 bits per heavy atom. The highest BCUT2D eigenvalue weighted by Crippen LogP contribution is 2.15. The molecular formula is C16H21N3O6. The molecule has 2 amide bonds. The first-order valence-electron chi connectivity index (χ1n) is 7.84. The molecule has 2 fully saturated rings. The molecule has 1 aromatic rings. The topological polar surface area (TPSA) is 129 Å². The van der Waals surface area contributed by atoms with E-state index in [0.717, 1.165) is 6.92 Å². The van der Waals surface area contributed by atoms with Crippen LogP contribution in [0.3, 0.4) is 0 Å². The zero-order chi connectivity index (χ0) is 18.6. The first kappa shape index (κ1) is 18.7. The van der Waals surface area contributed by atoms with Crippen molar-refractivity contribution in [2.45, 2.75) is 19.9 Å². The van der Waals surface area contributed by atoms with Crippen molar-refractivity contribution in [3.63, 3.8) is 0 Å². The van der Waals surface area contributed by atoms with Crippen molar-refractivity contribution in [3.05, 3.63) is 33.7 Å². The SMILES string of the molecule is CC(=O)O.Cc1ccc(C(=O)N2C[C@H]3COC[C@@H](C2)C(=O)N3)c(=O)[nH]1. The monoisotopic (exact) mass is 351 g/mol. The van der Waals surface area contributed by atoms with E-state index in [-0.39, 0.29) is 35.9 Å². The molecule has 0 aromatic carbocycles. The van der Waals surface area contributed by atoms with Gasteiger partial charge >= 0.3 is 0 Å². The van der Waals surface area contributed by atoms with Gasteiger partial charge in [-0.3, -0.25) is 19.2 Å². The number of aryl methyl sites for hydroxylation is 1. The highest BCUT2D eigenvalue weighted by molar-refractivity contribution is 5.94. The van der Waals surface area contributed by atoms with Crippen molar-refractivity contribution >= 4 is 17.8 Å². The van der Waals surface area contributed by atoms with Gasteiger partial charge in [0.1, 0.15) is 5.56 Å². The number of carbonyl (C=O) groups is 3. The van der Waals surface area contributed by atoms with Crippen LogP contribution in [0.2, 0.25) is 0 Å². The lowest BCUT2D eigenvalue weighted by molar-refractivity contribution is -0.134. The minimum absolute atomic E-state index is 0.0920. The van der Waals surface area contributed by atoms with Crippen LogP contribution in [0.1, 0.15) is 23.0 Å². The summed E-state index contributed by atoms with van der Waals surface area (Å²) < 4.78 is 5.42. The molecule has 2 aliphatic heterocycles. The number of hydrogen-bond donors (Lipinski definition) is 3. The number of H-pyrrole nitrogens is 1. The largest absolute Gasteiger partial charge is 0.481 e. The summed E-state index contributed by atoms with van der Waals surface area (Å²) in [7, 11) is 0. The third-order valence-corrected chi connectivity index (χ3v) is 3.81. The Labute approximate surface area is 144 Å². The van der Waals surface area contributed by atoms with E-state index in [1.807, 2.05) is 0 Å². The maximum absolute atomic E-state index is 12.5. The minimum Gasteiger partial charge on any atom is -0.481 e. The molecule has 2 atom stereocenters. The number of aromatic nitrogens is 1. The molecule has 25 heavy (non-hydrogen) atoms. The average molecular weight is 351 g/mol. The normalized spacial score (nSPS) is 22.2. The van der Waals surface area contributed by atoms with Crippen molar-refractivity contribution < 1.29 is 24.2 Å². The summed E-state index contributed by atoms with van der Waals surface area (Å²) in [6.45, 7) is 4.15. The molecule has 2 saturated heterocycles. The molecule has 9 heteroatoms. The zero-order valence-corrected chi connectivity index (χ0v) is 14.1. The van der Waals surface area contributed by atoms with E-state index in [9.17, 15) is 14.4 Å². The molecule has 136 valence electrons. The second-order valence-electron chi connectivity index (χ2n) is 6.05. The lowest BCUT2D eigenvalue weighted by atomic mass is 10.1. The van der Waals surface area contributed by atoms with E-state index in [1.54, 1.807) is 17.9 Å². The Bertz CT molecular complexity index is 725. The summed E-state index contributed by atoms with van der Waals surface area (Å²) in [6.07, 6.45) is 0. The molecule has 0 aliphatic carbocycles. The summed E-state index contributed by atoms with van der Waals surface area (Å²) >= 11 is 0. The number of rotatable bonds is 1. The Balaban J connectivity index is 0.000000511. The summed E-state index contributed by atoms with van der Waals surface area (Å²) in [6, 6.07) is 3.00. The Morgan fingerprint density at radius 3 is 2.56 bits per heavy atom. The van der Waals surface area contributed by atoms with E-state index in [0.29, 0.717) is 25.5 Å². The number of aliphatic carboxylic acids is 1. The fourth-order valence-electron chi connectivity index (χ4n) is 2.71. The molecule has 2 aliphatic rings. The summed E-state index contributed by atoms with van der Waals surface area (Å²) in [4.78, 5) is 49.6. The molecule has 0 spiro atoms. The highest BCUT2D eigenvalue weighted by Gasteiger charge is 2.35. The van der Waals surface area contributed by atoms with E-state index < -0.39 is 11.5 Å². The quantitative estimate of drug-likeness (QED) is 0.617. The zero-order valence-electron chi connectivity index (χ0n) is 14.1. The number of nitrogens with one attached hydrogen (secondary N) is 2. The van der Waals surface area contributed by atoms with Crippen molar-refractivity contribution in [1.82, 2.24) is 15.2 Å². The van der Waals surface area contributed by atoms with E-state index >= 15 is 0 Å². The van der Waals surface area contributed by atoms with Gasteiger partial charge < -0.3 is 25.0 Å². The van der Waals surface area contributed by atoms with Crippen LogP contribution < -0.4 is 10.9 Å². The number of aromatic amines is 1. The molecular weight excluding hydrogens is 330 g/mol. The molecule has 1 aromatic heterocycles. The fraction of sp³-hybridized carbons (Fsp3) is 0.500. The maximum Gasteiger partial charge on any atom is 0.300 e. The Kier molecular flexibility index (Phi) is 5.92.